The molecule has 0 radical (unpaired) electrons. The molecule has 2 aromatic carbocycles. The first-order valence-corrected chi connectivity index (χ1v) is 6.77. The highest BCUT2D eigenvalue weighted by Gasteiger charge is 2.12. The van der Waals surface area contributed by atoms with Crippen LogP contribution in [0.3, 0.4) is 0 Å². The van der Waals surface area contributed by atoms with Crippen molar-refractivity contribution in [3.8, 4) is 5.75 Å². The van der Waals surface area contributed by atoms with Crippen LogP contribution < -0.4 is 15.8 Å². The summed E-state index contributed by atoms with van der Waals surface area (Å²) in [6, 6.07) is 14.4. The Balaban J connectivity index is 1.93. The zero-order chi connectivity index (χ0) is 15.5. The fourth-order valence-electron chi connectivity index (χ4n) is 2.23. The van der Waals surface area contributed by atoms with E-state index in [-0.39, 0.29) is 5.91 Å². The lowest BCUT2D eigenvalue weighted by atomic mass is 10.1. The second-order valence-corrected chi connectivity index (χ2v) is 4.82. The van der Waals surface area contributed by atoms with Crippen LogP contribution in [-0.4, -0.2) is 18.0 Å². The molecule has 1 heterocycles. The Morgan fingerprint density at radius 1 is 1.14 bits per heavy atom. The Morgan fingerprint density at radius 2 is 1.91 bits per heavy atom. The zero-order valence-corrected chi connectivity index (χ0v) is 12.0. The molecule has 0 aliphatic heterocycles. The van der Waals surface area contributed by atoms with Crippen molar-refractivity contribution in [3.63, 3.8) is 0 Å². The molecular formula is C17H15N3O2. The molecule has 3 aromatic rings. The lowest BCUT2D eigenvalue weighted by Gasteiger charge is -2.08. The molecule has 0 spiro atoms. The van der Waals surface area contributed by atoms with Gasteiger partial charge in [0, 0.05) is 23.0 Å². The molecule has 0 aliphatic rings. The van der Waals surface area contributed by atoms with E-state index in [2.05, 4.69) is 10.3 Å². The summed E-state index contributed by atoms with van der Waals surface area (Å²) in [4.78, 5) is 16.6. The summed E-state index contributed by atoms with van der Waals surface area (Å²) in [5.41, 5.74) is 7.42. The number of hydrogen-bond acceptors (Lipinski definition) is 4. The van der Waals surface area contributed by atoms with Gasteiger partial charge in [0.2, 0.25) is 0 Å². The molecule has 0 saturated carbocycles. The van der Waals surface area contributed by atoms with E-state index >= 15 is 0 Å². The summed E-state index contributed by atoms with van der Waals surface area (Å²) in [6.45, 7) is 0. The van der Waals surface area contributed by atoms with Gasteiger partial charge in [0.15, 0.2) is 0 Å². The molecule has 0 fully saturated rings. The molecule has 1 amide bonds. The average Bonchev–Trinajstić information content (AvgIpc) is 2.55. The van der Waals surface area contributed by atoms with Gasteiger partial charge in [-0.2, -0.15) is 0 Å². The quantitative estimate of drug-likeness (QED) is 0.727. The monoisotopic (exact) mass is 293 g/mol. The number of hydrogen-bond donors (Lipinski definition) is 2. The summed E-state index contributed by atoms with van der Waals surface area (Å²) in [7, 11) is 1.60. The van der Waals surface area contributed by atoms with E-state index in [1.165, 1.54) is 0 Å². The van der Waals surface area contributed by atoms with Gasteiger partial charge in [-0.25, -0.2) is 0 Å². The van der Waals surface area contributed by atoms with Crippen molar-refractivity contribution in [2.45, 2.75) is 0 Å². The largest absolute Gasteiger partial charge is 0.497 e. The number of rotatable bonds is 3. The minimum Gasteiger partial charge on any atom is -0.497 e. The lowest BCUT2D eigenvalue weighted by Crippen LogP contribution is -2.14. The van der Waals surface area contributed by atoms with Crippen LogP contribution in [0.15, 0.2) is 54.7 Å². The number of ether oxygens (including phenoxy) is 1. The van der Waals surface area contributed by atoms with Crippen molar-refractivity contribution in [1.29, 1.82) is 0 Å². The van der Waals surface area contributed by atoms with Crippen LogP contribution in [-0.2, 0) is 0 Å². The zero-order valence-electron chi connectivity index (χ0n) is 12.0. The number of nitrogens with one attached hydrogen (secondary N) is 1. The molecular weight excluding hydrogens is 278 g/mol. The van der Waals surface area contributed by atoms with Crippen LogP contribution in [0, 0.1) is 0 Å². The van der Waals surface area contributed by atoms with E-state index in [1.54, 1.807) is 49.7 Å². The van der Waals surface area contributed by atoms with Gasteiger partial charge in [-0.1, -0.05) is 6.07 Å². The van der Waals surface area contributed by atoms with Gasteiger partial charge in [0.1, 0.15) is 11.4 Å². The number of carbonyl (C=O) groups is 1. The van der Waals surface area contributed by atoms with Crippen molar-refractivity contribution in [2.75, 3.05) is 18.2 Å². The van der Waals surface area contributed by atoms with Crippen molar-refractivity contribution in [2.24, 2.45) is 0 Å². The summed E-state index contributed by atoms with van der Waals surface area (Å²) in [5.74, 6) is 0.454. The standard InChI is InChI=1S/C17H15N3O2/c1-22-14-6-4-13(5-7-14)20-17(21)16-15-10-12(18)3-2-11(15)8-9-19-16/h2-10H,18H2,1H3,(H,20,21). The minimum absolute atomic E-state index is 0.277. The van der Waals surface area contributed by atoms with Crippen LogP contribution >= 0.6 is 0 Å². The first kappa shape index (κ1) is 13.9. The number of aromatic nitrogens is 1. The summed E-state index contributed by atoms with van der Waals surface area (Å²) >= 11 is 0. The number of nitrogens with two attached hydrogens (primary N) is 1. The molecule has 0 unspecified atom stereocenters. The van der Waals surface area contributed by atoms with Crippen molar-refractivity contribution >= 4 is 28.1 Å². The van der Waals surface area contributed by atoms with E-state index in [4.69, 9.17) is 10.5 Å². The highest BCUT2D eigenvalue weighted by molar-refractivity contribution is 6.11. The number of benzene rings is 2. The van der Waals surface area contributed by atoms with Gasteiger partial charge < -0.3 is 15.8 Å². The third kappa shape index (κ3) is 2.69. The number of amides is 1. The first-order valence-electron chi connectivity index (χ1n) is 6.77. The van der Waals surface area contributed by atoms with E-state index in [0.29, 0.717) is 17.1 Å². The van der Waals surface area contributed by atoms with Crippen LogP contribution in [0.4, 0.5) is 11.4 Å². The van der Waals surface area contributed by atoms with Crippen LogP contribution in [0.2, 0.25) is 0 Å². The van der Waals surface area contributed by atoms with E-state index in [1.807, 2.05) is 12.1 Å². The van der Waals surface area contributed by atoms with Gasteiger partial charge >= 0.3 is 0 Å². The third-order valence-electron chi connectivity index (χ3n) is 3.35. The minimum atomic E-state index is -0.277. The SMILES string of the molecule is COc1ccc(NC(=O)c2nccc3ccc(N)cc23)cc1. The Labute approximate surface area is 127 Å². The number of anilines is 2. The Hall–Kier alpha value is -3.08. The topological polar surface area (TPSA) is 77.2 Å². The second kappa shape index (κ2) is 5.73. The summed E-state index contributed by atoms with van der Waals surface area (Å²) < 4.78 is 5.09. The third-order valence-corrected chi connectivity index (χ3v) is 3.35. The molecule has 3 N–H and O–H groups in total. The summed E-state index contributed by atoms with van der Waals surface area (Å²) in [6.07, 6.45) is 1.61. The molecule has 0 aliphatic carbocycles. The molecule has 1 aromatic heterocycles. The van der Waals surface area contributed by atoms with Crippen LogP contribution in [0.5, 0.6) is 5.75 Å². The molecule has 0 bridgehead atoms. The molecule has 22 heavy (non-hydrogen) atoms. The molecule has 3 rings (SSSR count). The second-order valence-electron chi connectivity index (χ2n) is 4.82. The van der Waals surface area contributed by atoms with E-state index < -0.39 is 0 Å². The number of nitrogen functional groups attached to an aromatic ring is 1. The maximum atomic E-state index is 12.4. The molecule has 0 saturated heterocycles. The number of carbonyl (C=O) groups excluding carboxylic acids is 1. The van der Waals surface area contributed by atoms with Crippen molar-refractivity contribution in [3.05, 3.63) is 60.4 Å². The molecule has 110 valence electrons. The van der Waals surface area contributed by atoms with E-state index in [9.17, 15) is 4.79 Å². The normalized spacial score (nSPS) is 10.4. The van der Waals surface area contributed by atoms with Gasteiger partial charge in [-0.15, -0.1) is 0 Å². The van der Waals surface area contributed by atoms with Gasteiger partial charge in [-0.3, -0.25) is 9.78 Å². The van der Waals surface area contributed by atoms with Crippen LogP contribution in [0.1, 0.15) is 10.5 Å². The number of pyridine rings is 1. The number of fused-ring (bicyclic) bond motifs is 1. The lowest BCUT2D eigenvalue weighted by molar-refractivity contribution is 0.102. The fraction of sp³-hybridized carbons (Fsp3) is 0.0588. The smallest absolute Gasteiger partial charge is 0.274 e. The first-order chi connectivity index (χ1) is 10.7. The highest BCUT2D eigenvalue weighted by atomic mass is 16.5. The van der Waals surface area contributed by atoms with Gasteiger partial charge in [0.05, 0.1) is 7.11 Å². The Kier molecular flexibility index (Phi) is 3.62. The van der Waals surface area contributed by atoms with Crippen molar-refractivity contribution in [1.82, 2.24) is 4.98 Å². The number of methoxy groups -OCH3 is 1. The maximum Gasteiger partial charge on any atom is 0.274 e. The van der Waals surface area contributed by atoms with E-state index in [0.717, 1.165) is 16.5 Å². The molecule has 5 heteroatoms. The van der Waals surface area contributed by atoms with Crippen LogP contribution in [0.25, 0.3) is 10.8 Å². The van der Waals surface area contributed by atoms with Gasteiger partial charge in [0.25, 0.3) is 5.91 Å². The predicted molar refractivity (Wildman–Crippen MR) is 87.1 cm³/mol. The highest BCUT2D eigenvalue weighted by Crippen LogP contribution is 2.21. The van der Waals surface area contributed by atoms with Gasteiger partial charge in [-0.05, 0) is 47.9 Å². The Bertz CT molecular complexity index is 829. The fourth-order valence-corrected chi connectivity index (χ4v) is 2.23. The average molecular weight is 293 g/mol. The summed E-state index contributed by atoms with van der Waals surface area (Å²) in [5, 5.41) is 4.47. The Morgan fingerprint density at radius 3 is 2.64 bits per heavy atom. The molecule has 0 atom stereocenters. The molecule has 5 nitrogen and oxygen atoms in total. The predicted octanol–water partition coefficient (Wildman–Crippen LogP) is 3.08. The number of nitrogens with zero attached hydrogens (tertiary/aromatic N) is 1. The maximum absolute atomic E-state index is 12.4. The van der Waals surface area contributed by atoms with Crippen molar-refractivity contribution < 1.29 is 9.53 Å².